The molecule has 0 unspecified atom stereocenters. The molecule has 23 heavy (non-hydrogen) atoms. The molecule has 8 heteroatoms. The van der Waals surface area contributed by atoms with E-state index in [0.29, 0.717) is 6.07 Å². The lowest BCUT2D eigenvalue weighted by Crippen LogP contribution is -2.10. The minimum absolute atomic E-state index is 0.138. The maximum absolute atomic E-state index is 13.7. The van der Waals surface area contributed by atoms with Crippen molar-refractivity contribution < 1.29 is 21.9 Å². The van der Waals surface area contributed by atoms with E-state index in [9.17, 15) is 17.2 Å². The fourth-order valence-corrected chi connectivity index (χ4v) is 3.06. The van der Waals surface area contributed by atoms with Crippen LogP contribution in [0.4, 0.5) is 14.5 Å². The molecule has 0 bridgehead atoms. The SMILES string of the molecule is CCSc1ccc(NS(C)(=O)=O)c(Oc2ccc(F)cc2F)c1. The molecule has 124 valence electrons. The molecule has 0 aliphatic rings. The highest BCUT2D eigenvalue weighted by atomic mass is 32.2. The van der Waals surface area contributed by atoms with E-state index in [1.165, 1.54) is 17.8 Å². The normalized spacial score (nSPS) is 11.3. The molecule has 2 aromatic rings. The molecule has 1 N–H and O–H groups in total. The van der Waals surface area contributed by atoms with E-state index < -0.39 is 21.7 Å². The van der Waals surface area contributed by atoms with E-state index >= 15 is 0 Å². The molecule has 0 amide bonds. The van der Waals surface area contributed by atoms with Crippen molar-refractivity contribution in [2.75, 3.05) is 16.7 Å². The van der Waals surface area contributed by atoms with Gasteiger partial charge in [-0.3, -0.25) is 4.72 Å². The minimum Gasteiger partial charge on any atom is -0.452 e. The highest BCUT2D eigenvalue weighted by molar-refractivity contribution is 7.99. The van der Waals surface area contributed by atoms with Crippen LogP contribution in [0.15, 0.2) is 41.3 Å². The summed E-state index contributed by atoms with van der Waals surface area (Å²) in [7, 11) is -3.52. The quantitative estimate of drug-likeness (QED) is 0.784. The monoisotopic (exact) mass is 359 g/mol. The third-order valence-corrected chi connectivity index (χ3v) is 4.14. The average molecular weight is 359 g/mol. The van der Waals surface area contributed by atoms with Crippen LogP contribution in [0.1, 0.15) is 6.92 Å². The second-order valence-corrected chi connectivity index (χ2v) is 7.73. The molecule has 0 atom stereocenters. The number of ether oxygens (including phenoxy) is 1. The van der Waals surface area contributed by atoms with Gasteiger partial charge in [-0.15, -0.1) is 11.8 Å². The van der Waals surface area contributed by atoms with Crippen molar-refractivity contribution in [2.24, 2.45) is 0 Å². The Bertz CT molecular complexity index is 810. The molecule has 0 aromatic heterocycles. The largest absolute Gasteiger partial charge is 0.452 e. The lowest BCUT2D eigenvalue weighted by atomic mass is 10.3. The summed E-state index contributed by atoms with van der Waals surface area (Å²) in [5.41, 5.74) is 0.177. The van der Waals surface area contributed by atoms with Gasteiger partial charge in [0.15, 0.2) is 17.3 Å². The number of nitrogens with one attached hydrogen (secondary N) is 1. The number of sulfonamides is 1. The van der Waals surface area contributed by atoms with Gasteiger partial charge in [0.05, 0.1) is 11.9 Å². The van der Waals surface area contributed by atoms with Gasteiger partial charge in [0.1, 0.15) is 5.82 Å². The summed E-state index contributed by atoms with van der Waals surface area (Å²) in [6, 6.07) is 7.78. The highest BCUT2D eigenvalue weighted by Gasteiger charge is 2.13. The molecular formula is C15H15F2NO3S2. The summed E-state index contributed by atoms with van der Waals surface area (Å²) in [6.07, 6.45) is 1.00. The first-order valence-electron chi connectivity index (χ1n) is 6.66. The van der Waals surface area contributed by atoms with Crippen LogP contribution in [-0.4, -0.2) is 20.4 Å². The van der Waals surface area contributed by atoms with Gasteiger partial charge >= 0.3 is 0 Å². The van der Waals surface area contributed by atoms with E-state index in [0.717, 1.165) is 29.0 Å². The molecule has 2 aromatic carbocycles. The number of halogens is 2. The fraction of sp³-hybridized carbons (Fsp3) is 0.200. The lowest BCUT2D eigenvalue weighted by molar-refractivity contribution is 0.438. The molecule has 0 saturated carbocycles. The summed E-state index contributed by atoms with van der Waals surface area (Å²) in [4.78, 5) is 0.837. The molecule has 0 heterocycles. The molecule has 0 spiro atoms. The van der Waals surface area contributed by atoms with Gasteiger partial charge in [-0.1, -0.05) is 6.92 Å². The molecule has 0 aliphatic carbocycles. The summed E-state index contributed by atoms with van der Waals surface area (Å²) < 4.78 is 57.3. The number of hydrogen-bond donors (Lipinski definition) is 1. The van der Waals surface area contributed by atoms with Gasteiger partial charge in [-0.05, 0) is 36.1 Å². The van der Waals surface area contributed by atoms with Gasteiger partial charge in [-0.2, -0.15) is 0 Å². The maximum atomic E-state index is 13.7. The van der Waals surface area contributed by atoms with Crippen LogP contribution < -0.4 is 9.46 Å². The predicted molar refractivity (Wildman–Crippen MR) is 87.7 cm³/mol. The first-order valence-corrected chi connectivity index (χ1v) is 9.53. The van der Waals surface area contributed by atoms with Crippen LogP contribution in [0.2, 0.25) is 0 Å². The summed E-state index contributed by atoms with van der Waals surface area (Å²) in [5, 5.41) is 0. The van der Waals surface area contributed by atoms with Gasteiger partial charge < -0.3 is 4.74 Å². The Morgan fingerprint density at radius 1 is 1.13 bits per heavy atom. The van der Waals surface area contributed by atoms with Gasteiger partial charge in [0.25, 0.3) is 0 Å². The molecule has 0 radical (unpaired) electrons. The zero-order chi connectivity index (χ0) is 17.0. The Morgan fingerprint density at radius 2 is 1.87 bits per heavy atom. The van der Waals surface area contributed by atoms with E-state index in [1.807, 2.05) is 6.92 Å². The second kappa shape index (κ2) is 7.18. The number of thioether (sulfide) groups is 1. The first kappa shape index (κ1) is 17.6. The van der Waals surface area contributed by atoms with Gasteiger partial charge in [0.2, 0.25) is 10.0 Å². The highest BCUT2D eigenvalue weighted by Crippen LogP contribution is 2.35. The molecule has 0 aliphatic heterocycles. The molecular weight excluding hydrogens is 344 g/mol. The zero-order valence-electron chi connectivity index (χ0n) is 12.5. The number of rotatable bonds is 6. The van der Waals surface area contributed by atoms with Crippen molar-refractivity contribution in [3.63, 3.8) is 0 Å². The van der Waals surface area contributed by atoms with E-state index in [-0.39, 0.29) is 17.2 Å². The fourth-order valence-electron chi connectivity index (χ4n) is 1.80. The van der Waals surface area contributed by atoms with Crippen molar-refractivity contribution in [3.8, 4) is 11.5 Å². The summed E-state index contributed by atoms with van der Waals surface area (Å²) in [5.74, 6) is -0.840. The Kier molecular flexibility index (Phi) is 5.48. The van der Waals surface area contributed by atoms with Gasteiger partial charge in [0, 0.05) is 11.0 Å². The predicted octanol–water partition coefficient (Wildman–Crippen LogP) is 4.24. The number of benzene rings is 2. The average Bonchev–Trinajstić information content (AvgIpc) is 2.43. The van der Waals surface area contributed by atoms with E-state index in [1.54, 1.807) is 12.1 Å². The lowest BCUT2D eigenvalue weighted by Gasteiger charge is -2.14. The molecule has 0 saturated heterocycles. The Labute approximate surface area is 137 Å². The summed E-state index contributed by atoms with van der Waals surface area (Å²) >= 11 is 1.52. The minimum atomic E-state index is -3.52. The van der Waals surface area contributed by atoms with E-state index in [4.69, 9.17) is 4.74 Å². The maximum Gasteiger partial charge on any atom is 0.229 e. The van der Waals surface area contributed by atoms with Crippen molar-refractivity contribution in [1.29, 1.82) is 0 Å². The Morgan fingerprint density at radius 3 is 2.48 bits per heavy atom. The van der Waals surface area contributed by atoms with Gasteiger partial charge in [-0.25, -0.2) is 17.2 Å². The van der Waals surface area contributed by atoms with Crippen molar-refractivity contribution in [1.82, 2.24) is 0 Å². The Hall–Kier alpha value is -1.80. The van der Waals surface area contributed by atoms with Crippen molar-refractivity contribution in [2.45, 2.75) is 11.8 Å². The molecule has 0 fully saturated rings. The third-order valence-electron chi connectivity index (χ3n) is 2.67. The van der Waals surface area contributed by atoms with Crippen molar-refractivity contribution in [3.05, 3.63) is 48.0 Å². The van der Waals surface area contributed by atoms with Crippen LogP contribution in [0.3, 0.4) is 0 Å². The second-order valence-electron chi connectivity index (χ2n) is 4.64. The zero-order valence-corrected chi connectivity index (χ0v) is 14.1. The number of hydrogen-bond acceptors (Lipinski definition) is 4. The topological polar surface area (TPSA) is 55.4 Å². The summed E-state index contributed by atoms with van der Waals surface area (Å²) in [6.45, 7) is 1.97. The van der Waals surface area contributed by atoms with Crippen LogP contribution in [0.25, 0.3) is 0 Å². The smallest absolute Gasteiger partial charge is 0.229 e. The Balaban J connectivity index is 2.41. The van der Waals surface area contributed by atoms with Crippen LogP contribution in [-0.2, 0) is 10.0 Å². The molecule has 2 rings (SSSR count). The molecule has 4 nitrogen and oxygen atoms in total. The van der Waals surface area contributed by atoms with Crippen LogP contribution in [0.5, 0.6) is 11.5 Å². The standard InChI is InChI=1S/C15H15F2NO3S2/c1-3-22-11-5-6-13(18-23(2,19)20)15(9-11)21-14-7-4-10(16)8-12(14)17/h4-9,18H,3H2,1-2H3. The van der Waals surface area contributed by atoms with Crippen LogP contribution in [0, 0.1) is 11.6 Å². The van der Waals surface area contributed by atoms with Crippen LogP contribution >= 0.6 is 11.8 Å². The third kappa shape index (κ3) is 5.11. The first-order chi connectivity index (χ1) is 10.8. The van der Waals surface area contributed by atoms with Crippen molar-refractivity contribution >= 4 is 27.5 Å². The van der Waals surface area contributed by atoms with E-state index in [2.05, 4.69) is 4.72 Å². The number of anilines is 1.